The molecule has 0 aromatic carbocycles. The third-order valence-electron chi connectivity index (χ3n) is 0.796. The molecule has 0 amide bonds. The largest absolute Gasteiger partial charge is 0.0988 e. The first-order valence-electron chi connectivity index (χ1n) is 2.63. The summed E-state index contributed by atoms with van der Waals surface area (Å²) >= 11 is 0. The molecule has 0 aromatic heterocycles. The molecule has 0 unspecified atom stereocenters. The predicted octanol–water partition coefficient (Wildman–Crippen LogP) is 2.69. The summed E-state index contributed by atoms with van der Waals surface area (Å²) in [5.41, 5.74) is 2.24. The van der Waals surface area contributed by atoms with Gasteiger partial charge in [0, 0.05) is 0 Å². The first-order valence-corrected chi connectivity index (χ1v) is 2.63. The average Bonchev–Trinajstić information content (AvgIpc) is 1.65. The zero-order chi connectivity index (χ0) is 6.57. The van der Waals surface area contributed by atoms with E-state index in [1.165, 1.54) is 0 Å². The lowest BCUT2D eigenvalue weighted by Crippen LogP contribution is -1.66. The molecular formula is C8H12. The van der Waals surface area contributed by atoms with E-state index in [0.717, 1.165) is 11.1 Å². The summed E-state index contributed by atoms with van der Waals surface area (Å²) in [6, 6.07) is 0. The average molecular weight is 108 g/mol. The molecule has 0 bridgehead atoms. The molecular weight excluding hydrogens is 96.1 g/mol. The van der Waals surface area contributed by atoms with Crippen LogP contribution in [0.25, 0.3) is 0 Å². The van der Waals surface area contributed by atoms with Crippen molar-refractivity contribution in [2.24, 2.45) is 0 Å². The molecule has 0 heterocycles. The van der Waals surface area contributed by atoms with Crippen molar-refractivity contribution in [1.82, 2.24) is 0 Å². The maximum atomic E-state index is 3.72. The third-order valence-corrected chi connectivity index (χ3v) is 0.796. The first kappa shape index (κ1) is 7.22. The summed E-state index contributed by atoms with van der Waals surface area (Å²) in [5.74, 6) is 0. The van der Waals surface area contributed by atoms with Gasteiger partial charge in [-0.15, -0.1) is 0 Å². The molecule has 0 atom stereocenters. The first-order chi connectivity index (χ1) is 3.66. The molecule has 0 aliphatic heterocycles. The van der Waals surface area contributed by atoms with Crippen molar-refractivity contribution >= 4 is 0 Å². The lowest BCUT2D eigenvalue weighted by atomic mass is 10.2. The number of hydrogen-bond acceptors (Lipinski definition) is 0. The maximum absolute atomic E-state index is 3.72. The van der Waals surface area contributed by atoms with Crippen molar-refractivity contribution in [3.63, 3.8) is 0 Å². The van der Waals surface area contributed by atoms with Crippen molar-refractivity contribution in [3.8, 4) is 0 Å². The Kier molecular flexibility index (Phi) is 2.93. The van der Waals surface area contributed by atoms with Gasteiger partial charge in [0.2, 0.25) is 0 Å². The van der Waals surface area contributed by atoms with Crippen LogP contribution in [0.5, 0.6) is 0 Å². The molecule has 44 valence electrons. The predicted molar refractivity (Wildman–Crippen MR) is 38.8 cm³/mol. The SMILES string of the molecule is C=C/C(C)=C\C(=C)C. The van der Waals surface area contributed by atoms with Crippen molar-refractivity contribution < 1.29 is 0 Å². The second-order valence-electron chi connectivity index (χ2n) is 1.94. The topological polar surface area (TPSA) is 0 Å². The fraction of sp³-hybridized carbons (Fsp3) is 0.250. The number of allylic oxidation sites excluding steroid dienone is 4. The van der Waals surface area contributed by atoms with E-state index in [-0.39, 0.29) is 0 Å². The van der Waals surface area contributed by atoms with Crippen molar-refractivity contribution in [2.45, 2.75) is 13.8 Å². The highest BCUT2D eigenvalue weighted by Gasteiger charge is 1.76. The summed E-state index contributed by atoms with van der Waals surface area (Å²) in [6.45, 7) is 11.3. The van der Waals surface area contributed by atoms with Crippen molar-refractivity contribution in [1.29, 1.82) is 0 Å². The van der Waals surface area contributed by atoms with Crippen LogP contribution in [0.3, 0.4) is 0 Å². The lowest BCUT2D eigenvalue weighted by molar-refractivity contribution is 1.46. The van der Waals surface area contributed by atoms with Crippen LogP contribution >= 0.6 is 0 Å². The minimum absolute atomic E-state index is 1.07. The van der Waals surface area contributed by atoms with Crippen LogP contribution in [0.15, 0.2) is 36.5 Å². The van der Waals surface area contributed by atoms with Gasteiger partial charge in [0.15, 0.2) is 0 Å². The van der Waals surface area contributed by atoms with Crippen LogP contribution < -0.4 is 0 Å². The van der Waals surface area contributed by atoms with E-state index in [2.05, 4.69) is 13.2 Å². The molecule has 0 saturated heterocycles. The second-order valence-corrected chi connectivity index (χ2v) is 1.94. The van der Waals surface area contributed by atoms with E-state index in [9.17, 15) is 0 Å². The Balaban J connectivity index is 3.94. The van der Waals surface area contributed by atoms with Gasteiger partial charge in [-0.05, 0) is 13.8 Å². The molecule has 0 N–H and O–H groups in total. The van der Waals surface area contributed by atoms with Gasteiger partial charge in [-0.25, -0.2) is 0 Å². The highest BCUT2D eigenvalue weighted by molar-refractivity contribution is 5.23. The summed E-state index contributed by atoms with van der Waals surface area (Å²) in [7, 11) is 0. The van der Waals surface area contributed by atoms with E-state index < -0.39 is 0 Å². The monoisotopic (exact) mass is 108 g/mol. The molecule has 0 radical (unpaired) electrons. The van der Waals surface area contributed by atoms with Gasteiger partial charge in [-0.1, -0.05) is 36.5 Å². The van der Waals surface area contributed by atoms with Gasteiger partial charge >= 0.3 is 0 Å². The Labute approximate surface area is 51.2 Å². The Morgan fingerprint density at radius 2 is 1.88 bits per heavy atom. The summed E-state index contributed by atoms with van der Waals surface area (Å²) in [4.78, 5) is 0. The van der Waals surface area contributed by atoms with E-state index in [4.69, 9.17) is 0 Å². The highest BCUT2D eigenvalue weighted by atomic mass is 13.8. The molecule has 0 saturated carbocycles. The smallest absolute Gasteiger partial charge is 0.0398 e. The Morgan fingerprint density at radius 1 is 1.38 bits per heavy atom. The maximum Gasteiger partial charge on any atom is -0.0398 e. The zero-order valence-electron chi connectivity index (χ0n) is 5.57. The minimum atomic E-state index is 1.07. The molecule has 8 heavy (non-hydrogen) atoms. The fourth-order valence-corrected chi connectivity index (χ4v) is 0.448. The summed E-state index contributed by atoms with van der Waals surface area (Å²) < 4.78 is 0. The van der Waals surface area contributed by atoms with Gasteiger partial charge in [-0.2, -0.15) is 0 Å². The molecule has 0 nitrogen and oxygen atoms in total. The molecule has 0 spiro atoms. The molecule has 0 rings (SSSR count). The quantitative estimate of drug-likeness (QED) is 0.477. The number of hydrogen-bond donors (Lipinski definition) is 0. The van der Waals surface area contributed by atoms with Gasteiger partial charge in [0.05, 0.1) is 0 Å². The Hall–Kier alpha value is -0.780. The van der Waals surface area contributed by atoms with Gasteiger partial charge in [0.1, 0.15) is 0 Å². The molecule has 0 heteroatoms. The van der Waals surface area contributed by atoms with Crippen LogP contribution in [0.4, 0.5) is 0 Å². The standard InChI is InChI=1S/C8H12/c1-5-8(4)6-7(2)3/h5-6H,1-2H2,3-4H3/b8-6-. The molecule has 0 aliphatic rings. The lowest BCUT2D eigenvalue weighted by Gasteiger charge is -1.87. The van der Waals surface area contributed by atoms with Crippen LogP contribution in [-0.4, -0.2) is 0 Å². The Morgan fingerprint density at radius 3 is 2.00 bits per heavy atom. The van der Waals surface area contributed by atoms with E-state index in [1.807, 2.05) is 26.0 Å². The van der Waals surface area contributed by atoms with Crippen molar-refractivity contribution in [3.05, 3.63) is 36.5 Å². The second kappa shape index (κ2) is 3.25. The van der Waals surface area contributed by atoms with Crippen LogP contribution in [0, 0.1) is 0 Å². The zero-order valence-corrected chi connectivity index (χ0v) is 5.57. The molecule has 0 fully saturated rings. The van der Waals surface area contributed by atoms with Gasteiger partial charge in [-0.3, -0.25) is 0 Å². The highest BCUT2D eigenvalue weighted by Crippen LogP contribution is 1.97. The third kappa shape index (κ3) is 3.41. The molecule has 0 aliphatic carbocycles. The number of rotatable bonds is 2. The van der Waals surface area contributed by atoms with Gasteiger partial charge < -0.3 is 0 Å². The normalized spacial score (nSPS) is 11.0. The van der Waals surface area contributed by atoms with Gasteiger partial charge in [0.25, 0.3) is 0 Å². The minimum Gasteiger partial charge on any atom is -0.0988 e. The fourth-order valence-electron chi connectivity index (χ4n) is 0.448. The van der Waals surface area contributed by atoms with Crippen molar-refractivity contribution in [2.75, 3.05) is 0 Å². The summed E-state index contributed by atoms with van der Waals surface area (Å²) in [5, 5.41) is 0. The van der Waals surface area contributed by atoms with E-state index >= 15 is 0 Å². The molecule has 0 aromatic rings. The van der Waals surface area contributed by atoms with Crippen LogP contribution in [-0.2, 0) is 0 Å². The van der Waals surface area contributed by atoms with Crippen LogP contribution in [0.2, 0.25) is 0 Å². The summed E-state index contributed by atoms with van der Waals surface area (Å²) in [6.07, 6.45) is 3.81. The van der Waals surface area contributed by atoms with Crippen LogP contribution in [0.1, 0.15) is 13.8 Å². The van der Waals surface area contributed by atoms with E-state index in [0.29, 0.717) is 0 Å². The Bertz CT molecular complexity index is 127. The van der Waals surface area contributed by atoms with E-state index in [1.54, 1.807) is 0 Å².